The molecule has 0 saturated heterocycles. The lowest BCUT2D eigenvalue weighted by Crippen LogP contribution is -2.01. The van der Waals surface area contributed by atoms with Gasteiger partial charge in [-0.15, -0.1) is 0 Å². The second kappa shape index (κ2) is 10.1. The fraction of sp³-hybridized carbons (Fsp3) is 0.250. The van der Waals surface area contributed by atoms with E-state index in [4.69, 9.17) is 0 Å². The number of hydrogen-bond donors (Lipinski definition) is 0. The lowest BCUT2D eigenvalue weighted by atomic mass is 9.99. The Labute approximate surface area is 185 Å². The number of benzene rings is 2. The monoisotopic (exact) mass is 468 g/mol. The first-order chi connectivity index (χ1) is 15.6. The maximum atomic E-state index is 14.7. The first kappa shape index (κ1) is 24.4. The van der Waals surface area contributed by atoms with Gasteiger partial charge in [0.05, 0.1) is 5.56 Å². The lowest BCUT2D eigenvalue weighted by molar-refractivity contribution is -0.0790. The zero-order chi connectivity index (χ0) is 24.2. The molecule has 2 aromatic carbocycles. The molecule has 3 rings (SSSR count). The number of halogens is 7. The molecule has 33 heavy (non-hydrogen) atoms. The van der Waals surface area contributed by atoms with Crippen molar-refractivity contribution in [3.8, 4) is 22.5 Å². The van der Waals surface area contributed by atoms with Gasteiger partial charge in [0.2, 0.25) is 0 Å². The van der Waals surface area contributed by atoms with Crippen LogP contribution in [0.2, 0.25) is 0 Å². The molecule has 3 aromatic rings. The molecule has 0 N–H and O–H groups in total. The Morgan fingerprint density at radius 2 is 1.33 bits per heavy atom. The highest BCUT2D eigenvalue weighted by Crippen LogP contribution is 2.32. The van der Waals surface area contributed by atoms with Gasteiger partial charge < -0.3 is 0 Å². The van der Waals surface area contributed by atoms with Crippen molar-refractivity contribution < 1.29 is 30.7 Å². The summed E-state index contributed by atoms with van der Waals surface area (Å²) in [5.41, 5.74) is -1.28. The van der Waals surface area contributed by atoms with Crippen LogP contribution >= 0.6 is 0 Å². The minimum atomic E-state index is -4.78. The van der Waals surface area contributed by atoms with Crippen LogP contribution < -0.4 is 0 Å². The molecule has 0 aliphatic rings. The number of allylic oxidation sites excluding steroid dienone is 1. The van der Waals surface area contributed by atoms with Gasteiger partial charge in [-0.25, -0.2) is 27.5 Å². The fourth-order valence-electron chi connectivity index (χ4n) is 3.26. The average molecular weight is 468 g/mol. The van der Waals surface area contributed by atoms with Gasteiger partial charge in [0, 0.05) is 29.6 Å². The second-order valence-corrected chi connectivity index (χ2v) is 7.42. The molecule has 0 fully saturated rings. The first-order valence-electron chi connectivity index (χ1n) is 10.1. The van der Waals surface area contributed by atoms with E-state index in [0.717, 1.165) is 43.4 Å². The molecule has 0 bridgehead atoms. The Kier molecular flexibility index (Phi) is 7.50. The zero-order valence-corrected chi connectivity index (χ0v) is 17.5. The maximum absolute atomic E-state index is 14.7. The van der Waals surface area contributed by atoms with Crippen LogP contribution in [0, 0.1) is 23.3 Å². The number of alkyl halides is 3. The zero-order valence-electron chi connectivity index (χ0n) is 17.5. The minimum absolute atomic E-state index is 0.0273. The van der Waals surface area contributed by atoms with Gasteiger partial charge in [0.1, 0.15) is 23.3 Å². The van der Waals surface area contributed by atoms with Gasteiger partial charge in [-0.1, -0.05) is 19.8 Å². The van der Waals surface area contributed by atoms with Crippen LogP contribution in [0.3, 0.4) is 0 Å². The third kappa shape index (κ3) is 6.18. The SMILES string of the molecule is CCCCCc1cnc(-c2cc(F)c(-c3cc(F)c(/C=C/C(F)(F)F)c(F)c3)c(F)c2)nc1. The van der Waals surface area contributed by atoms with Gasteiger partial charge in [-0.3, -0.25) is 0 Å². The summed E-state index contributed by atoms with van der Waals surface area (Å²) in [4.78, 5) is 8.26. The van der Waals surface area contributed by atoms with E-state index >= 15 is 0 Å². The maximum Gasteiger partial charge on any atom is 0.409 e. The van der Waals surface area contributed by atoms with Crippen molar-refractivity contribution in [1.82, 2.24) is 9.97 Å². The van der Waals surface area contributed by atoms with Crippen molar-refractivity contribution >= 4 is 6.08 Å². The smallest absolute Gasteiger partial charge is 0.236 e. The first-order valence-corrected chi connectivity index (χ1v) is 10.1. The molecule has 0 aliphatic heterocycles. The topological polar surface area (TPSA) is 25.8 Å². The van der Waals surface area contributed by atoms with Crippen LogP contribution in [0.1, 0.15) is 37.3 Å². The van der Waals surface area contributed by atoms with Crippen molar-refractivity contribution in [3.63, 3.8) is 0 Å². The number of nitrogens with zero attached hydrogens (tertiary/aromatic N) is 2. The highest BCUT2D eigenvalue weighted by Gasteiger charge is 2.23. The largest absolute Gasteiger partial charge is 0.409 e. The minimum Gasteiger partial charge on any atom is -0.236 e. The lowest BCUT2D eigenvalue weighted by Gasteiger charge is -2.10. The second-order valence-electron chi connectivity index (χ2n) is 7.42. The van der Waals surface area contributed by atoms with E-state index in [-0.39, 0.29) is 23.5 Å². The van der Waals surface area contributed by atoms with Crippen molar-refractivity contribution in [2.45, 2.75) is 38.8 Å². The van der Waals surface area contributed by atoms with Crippen molar-refractivity contribution in [2.24, 2.45) is 0 Å². The van der Waals surface area contributed by atoms with Crippen LogP contribution in [0.15, 0.2) is 42.7 Å². The summed E-state index contributed by atoms with van der Waals surface area (Å²) in [6.07, 6.45) is 2.11. The predicted molar refractivity (Wildman–Crippen MR) is 111 cm³/mol. The Bertz CT molecular complexity index is 1110. The normalized spacial score (nSPS) is 12.0. The van der Waals surface area contributed by atoms with E-state index in [0.29, 0.717) is 12.1 Å². The van der Waals surface area contributed by atoms with Crippen LogP contribution in [-0.4, -0.2) is 16.1 Å². The summed E-state index contributed by atoms with van der Waals surface area (Å²) in [7, 11) is 0. The molecule has 1 aromatic heterocycles. The Morgan fingerprint density at radius 1 is 0.788 bits per heavy atom. The average Bonchev–Trinajstić information content (AvgIpc) is 2.72. The molecular weight excluding hydrogens is 449 g/mol. The highest BCUT2D eigenvalue weighted by atomic mass is 19.4. The molecule has 174 valence electrons. The molecule has 1 heterocycles. The summed E-state index contributed by atoms with van der Waals surface area (Å²) >= 11 is 0. The molecule has 0 radical (unpaired) electrons. The van der Waals surface area contributed by atoms with E-state index in [9.17, 15) is 30.7 Å². The third-order valence-electron chi connectivity index (χ3n) is 4.88. The number of hydrogen-bond acceptors (Lipinski definition) is 2. The van der Waals surface area contributed by atoms with E-state index in [1.54, 1.807) is 12.4 Å². The van der Waals surface area contributed by atoms with Crippen LogP contribution in [0.25, 0.3) is 28.6 Å². The summed E-state index contributed by atoms with van der Waals surface area (Å²) < 4.78 is 94.7. The molecule has 0 unspecified atom stereocenters. The Hall–Kier alpha value is -3.23. The van der Waals surface area contributed by atoms with E-state index in [2.05, 4.69) is 16.9 Å². The molecule has 0 spiro atoms. The molecule has 9 heteroatoms. The summed E-state index contributed by atoms with van der Waals surface area (Å²) in [6, 6.07) is 3.00. The highest BCUT2D eigenvalue weighted by molar-refractivity contribution is 5.71. The van der Waals surface area contributed by atoms with Gasteiger partial charge in [-0.05, 0) is 54.3 Å². The van der Waals surface area contributed by atoms with E-state index in [1.165, 1.54) is 0 Å². The molecule has 2 nitrogen and oxygen atoms in total. The Balaban J connectivity index is 1.91. The third-order valence-corrected chi connectivity index (χ3v) is 4.88. The van der Waals surface area contributed by atoms with Gasteiger partial charge >= 0.3 is 6.18 Å². The summed E-state index contributed by atoms with van der Waals surface area (Å²) in [6.45, 7) is 2.08. The number of aromatic nitrogens is 2. The number of rotatable bonds is 7. The number of unbranched alkanes of at least 4 members (excludes halogenated alkanes) is 2. The van der Waals surface area contributed by atoms with Crippen molar-refractivity contribution in [3.05, 3.63) is 77.1 Å². The van der Waals surface area contributed by atoms with Crippen LogP contribution in [-0.2, 0) is 6.42 Å². The number of aryl methyl sites for hydroxylation is 1. The molecule has 0 atom stereocenters. The van der Waals surface area contributed by atoms with Gasteiger partial charge in [0.25, 0.3) is 0 Å². The summed E-state index contributed by atoms with van der Waals surface area (Å²) in [5, 5.41) is 0. The summed E-state index contributed by atoms with van der Waals surface area (Å²) in [5.74, 6) is -4.97. The Morgan fingerprint density at radius 3 is 1.85 bits per heavy atom. The molecule has 0 amide bonds. The molecule has 0 aliphatic carbocycles. The van der Waals surface area contributed by atoms with Crippen molar-refractivity contribution in [2.75, 3.05) is 0 Å². The predicted octanol–water partition coefficient (Wildman–Crippen LogP) is 7.68. The van der Waals surface area contributed by atoms with Crippen LogP contribution in [0.4, 0.5) is 30.7 Å². The van der Waals surface area contributed by atoms with Crippen molar-refractivity contribution in [1.29, 1.82) is 0 Å². The van der Waals surface area contributed by atoms with Crippen LogP contribution in [0.5, 0.6) is 0 Å². The molecule has 0 saturated carbocycles. The van der Waals surface area contributed by atoms with Gasteiger partial charge in [0.15, 0.2) is 5.82 Å². The van der Waals surface area contributed by atoms with E-state index in [1.807, 2.05) is 0 Å². The fourth-order valence-corrected chi connectivity index (χ4v) is 3.26. The van der Waals surface area contributed by atoms with Gasteiger partial charge in [-0.2, -0.15) is 13.2 Å². The standard InChI is InChI=1S/C24H19F7N2/c1-2-3-4-5-14-12-32-23(33-13-14)16-10-20(27)22(21(28)11-16)15-8-18(25)17(19(26)9-15)6-7-24(29,30)31/h6-13H,2-5H2,1H3/b7-6+. The molecular formula is C24H19F7N2. The van der Waals surface area contributed by atoms with E-state index < -0.39 is 46.1 Å². The quantitative estimate of drug-likeness (QED) is 0.263.